The predicted molar refractivity (Wildman–Crippen MR) is 116 cm³/mol. The Morgan fingerprint density at radius 3 is 2.63 bits per heavy atom. The van der Waals surface area contributed by atoms with E-state index in [0.717, 1.165) is 27.1 Å². The lowest BCUT2D eigenvalue weighted by Crippen LogP contribution is -2.23. The molecule has 4 aromatic rings. The van der Waals surface area contributed by atoms with Crippen LogP contribution in [0.1, 0.15) is 15.9 Å². The van der Waals surface area contributed by atoms with Gasteiger partial charge in [0, 0.05) is 16.8 Å². The van der Waals surface area contributed by atoms with E-state index in [2.05, 4.69) is 10.3 Å². The molecule has 150 valence electrons. The van der Waals surface area contributed by atoms with Gasteiger partial charge >= 0.3 is 0 Å². The highest BCUT2D eigenvalue weighted by molar-refractivity contribution is 7.99. The van der Waals surface area contributed by atoms with Gasteiger partial charge in [0.2, 0.25) is 0 Å². The molecule has 0 aliphatic heterocycles. The van der Waals surface area contributed by atoms with Crippen molar-refractivity contribution in [3.63, 3.8) is 0 Å². The summed E-state index contributed by atoms with van der Waals surface area (Å²) in [6.07, 6.45) is 0. The van der Waals surface area contributed by atoms with Crippen molar-refractivity contribution in [1.29, 1.82) is 0 Å². The Labute approximate surface area is 178 Å². The predicted octanol–water partition coefficient (Wildman–Crippen LogP) is 5.46. The van der Waals surface area contributed by atoms with Gasteiger partial charge in [-0.15, -0.1) is 0 Å². The molecule has 1 amide bonds. The van der Waals surface area contributed by atoms with Gasteiger partial charge in [0.15, 0.2) is 0 Å². The number of ether oxygens (including phenoxy) is 1. The highest BCUT2D eigenvalue weighted by atomic mass is 32.2. The monoisotopic (exact) mass is 418 g/mol. The van der Waals surface area contributed by atoms with Crippen LogP contribution in [-0.4, -0.2) is 18.0 Å². The number of methoxy groups -OCH3 is 1. The number of rotatable bonds is 6. The van der Waals surface area contributed by atoms with Crippen LogP contribution in [0.4, 0.5) is 4.39 Å². The summed E-state index contributed by atoms with van der Waals surface area (Å²) in [5, 5.41) is 4.43. The van der Waals surface area contributed by atoms with Crippen molar-refractivity contribution >= 4 is 28.6 Å². The van der Waals surface area contributed by atoms with Gasteiger partial charge in [-0.2, -0.15) is 0 Å². The number of halogens is 1. The van der Waals surface area contributed by atoms with Crippen molar-refractivity contribution in [1.82, 2.24) is 10.3 Å². The lowest BCUT2D eigenvalue weighted by Gasteiger charge is -2.11. The van der Waals surface area contributed by atoms with Gasteiger partial charge in [-0.3, -0.25) is 4.79 Å². The second kappa shape index (κ2) is 8.97. The standard InChI is InChI=1S/C24H19FN2O2S/c1-29-18-6-4-5-16(13-18)15-26-24(28)21-14-23(27-22-8-3-2-7-20(21)22)30-19-11-9-17(25)10-12-19/h2-14H,15H2,1H3,(H,26,28). The molecule has 6 heteroatoms. The average Bonchev–Trinajstić information content (AvgIpc) is 2.78. The van der Waals surface area contributed by atoms with Crippen LogP contribution < -0.4 is 10.1 Å². The number of hydrogen-bond donors (Lipinski definition) is 1. The van der Waals surface area contributed by atoms with E-state index in [0.29, 0.717) is 17.1 Å². The summed E-state index contributed by atoms with van der Waals surface area (Å²) >= 11 is 1.39. The third-order valence-electron chi connectivity index (χ3n) is 4.56. The molecule has 30 heavy (non-hydrogen) atoms. The van der Waals surface area contributed by atoms with Crippen LogP contribution in [0.25, 0.3) is 10.9 Å². The Morgan fingerprint density at radius 2 is 1.83 bits per heavy atom. The molecular weight excluding hydrogens is 399 g/mol. The molecule has 0 radical (unpaired) electrons. The zero-order valence-electron chi connectivity index (χ0n) is 16.3. The van der Waals surface area contributed by atoms with Gasteiger partial charge in [-0.25, -0.2) is 9.37 Å². The summed E-state index contributed by atoms with van der Waals surface area (Å²) in [4.78, 5) is 18.5. The van der Waals surface area contributed by atoms with Crippen molar-refractivity contribution in [3.05, 3.63) is 95.8 Å². The first kappa shape index (κ1) is 19.9. The van der Waals surface area contributed by atoms with Crippen molar-refractivity contribution in [2.75, 3.05) is 7.11 Å². The number of carbonyl (C=O) groups is 1. The molecule has 3 aromatic carbocycles. The molecule has 0 unspecified atom stereocenters. The van der Waals surface area contributed by atoms with E-state index in [1.54, 1.807) is 25.3 Å². The fourth-order valence-electron chi connectivity index (χ4n) is 3.07. The highest BCUT2D eigenvalue weighted by Gasteiger charge is 2.14. The molecule has 0 spiro atoms. The first-order chi connectivity index (χ1) is 14.6. The van der Waals surface area contributed by atoms with Crippen LogP contribution in [0.3, 0.4) is 0 Å². The summed E-state index contributed by atoms with van der Waals surface area (Å²) in [5.41, 5.74) is 2.23. The summed E-state index contributed by atoms with van der Waals surface area (Å²) in [6.45, 7) is 0.382. The van der Waals surface area contributed by atoms with E-state index in [-0.39, 0.29) is 11.7 Å². The number of fused-ring (bicyclic) bond motifs is 1. The summed E-state index contributed by atoms with van der Waals surface area (Å²) in [7, 11) is 1.61. The van der Waals surface area contributed by atoms with Crippen molar-refractivity contribution in [3.8, 4) is 5.75 Å². The zero-order chi connectivity index (χ0) is 20.9. The summed E-state index contributed by atoms with van der Waals surface area (Å²) in [6, 6.07) is 23.1. The number of nitrogens with one attached hydrogen (secondary N) is 1. The van der Waals surface area contributed by atoms with Gasteiger partial charge in [0.05, 0.1) is 18.2 Å². The van der Waals surface area contributed by atoms with Crippen molar-refractivity contribution in [2.45, 2.75) is 16.5 Å². The van der Waals surface area contributed by atoms with Crippen molar-refractivity contribution < 1.29 is 13.9 Å². The van der Waals surface area contributed by atoms with Crippen molar-refractivity contribution in [2.24, 2.45) is 0 Å². The van der Waals surface area contributed by atoms with Crippen LogP contribution in [-0.2, 0) is 6.54 Å². The fraction of sp³-hybridized carbons (Fsp3) is 0.0833. The molecule has 0 bridgehead atoms. The normalized spacial score (nSPS) is 10.7. The lowest BCUT2D eigenvalue weighted by atomic mass is 10.1. The minimum Gasteiger partial charge on any atom is -0.497 e. The topological polar surface area (TPSA) is 51.2 Å². The first-order valence-electron chi connectivity index (χ1n) is 9.37. The Bertz CT molecular complexity index is 1200. The summed E-state index contributed by atoms with van der Waals surface area (Å²) < 4.78 is 18.4. The third-order valence-corrected chi connectivity index (χ3v) is 5.49. The molecule has 4 nitrogen and oxygen atoms in total. The number of hydrogen-bond acceptors (Lipinski definition) is 4. The second-order valence-corrected chi connectivity index (χ2v) is 7.71. The third kappa shape index (κ3) is 4.60. The SMILES string of the molecule is COc1cccc(CNC(=O)c2cc(Sc3ccc(F)cc3)nc3ccccc23)c1. The maximum absolute atomic E-state index is 13.2. The van der Waals surface area contributed by atoms with Gasteiger partial charge in [0.25, 0.3) is 5.91 Å². The minimum absolute atomic E-state index is 0.183. The molecule has 0 saturated carbocycles. The molecule has 0 fully saturated rings. The number of pyridine rings is 1. The average molecular weight is 418 g/mol. The Morgan fingerprint density at radius 1 is 1.03 bits per heavy atom. The highest BCUT2D eigenvalue weighted by Crippen LogP contribution is 2.30. The lowest BCUT2D eigenvalue weighted by molar-refractivity contribution is 0.0952. The molecule has 0 aliphatic carbocycles. The quantitative estimate of drug-likeness (QED) is 0.452. The molecular formula is C24H19FN2O2S. The molecule has 1 aromatic heterocycles. The van der Waals surface area contributed by atoms with E-state index >= 15 is 0 Å². The van der Waals surface area contributed by atoms with Gasteiger partial charge in [0.1, 0.15) is 16.6 Å². The van der Waals surface area contributed by atoms with Crippen LogP contribution in [0.5, 0.6) is 5.75 Å². The molecule has 0 atom stereocenters. The van der Waals surface area contributed by atoms with Crippen LogP contribution in [0.15, 0.2) is 88.8 Å². The molecule has 1 N–H and O–H groups in total. The minimum atomic E-state index is -0.288. The molecule has 0 aliphatic rings. The second-order valence-electron chi connectivity index (χ2n) is 6.62. The van der Waals surface area contributed by atoms with Gasteiger partial charge < -0.3 is 10.1 Å². The van der Waals surface area contributed by atoms with Crippen LogP contribution >= 0.6 is 11.8 Å². The first-order valence-corrected chi connectivity index (χ1v) is 10.2. The maximum Gasteiger partial charge on any atom is 0.252 e. The van der Waals surface area contributed by atoms with E-state index < -0.39 is 0 Å². The maximum atomic E-state index is 13.2. The molecule has 1 heterocycles. The number of carbonyl (C=O) groups excluding carboxylic acids is 1. The smallest absolute Gasteiger partial charge is 0.252 e. The van der Waals surface area contributed by atoms with E-state index in [1.165, 1.54) is 23.9 Å². The Kier molecular flexibility index (Phi) is 5.95. The van der Waals surface area contributed by atoms with E-state index in [9.17, 15) is 9.18 Å². The summed E-state index contributed by atoms with van der Waals surface area (Å²) in [5.74, 6) is 0.273. The molecule has 4 rings (SSSR count). The number of amides is 1. The zero-order valence-corrected chi connectivity index (χ0v) is 17.1. The van der Waals surface area contributed by atoms with Gasteiger partial charge in [-0.1, -0.05) is 42.1 Å². The van der Waals surface area contributed by atoms with Crippen LogP contribution in [0.2, 0.25) is 0 Å². The molecule has 0 saturated heterocycles. The van der Waals surface area contributed by atoms with E-state index in [4.69, 9.17) is 4.74 Å². The number of aromatic nitrogens is 1. The Balaban J connectivity index is 1.61. The number of nitrogens with zero attached hydrogens (tertiary/aromatic N) is 1. The fourth-order valence-corrected chi connectivity index (χ4v) is 3.91. The van der Waals surface area contributed by atoms with Gasteiger partial charge in [-0.05, 0) is 54.1 Å². The van der Waals surface area contributed by atoms with Crippen LogP contribution in [0, 0.1) is 5.82 Å². The number of para-hydroxylation sites is 1. The number of benzene rings is 3. The largest absolute Gasteiger partial charge is 0.497 e. The van der Waals surface area contributed by atoms with E-state index in [1.807, 2.05) is 48.5 Å². The Hall–Kier alpha value is -3.38.